The van der Waals surface area contributed by atoms with E-state index in [2.05, 4.69) is 4.72 Å². The van der Waals surface area contributed by atoms with E-state index in [1.54, 1.807) is 19.2 Å². The first-order valence-electron chi connectivity index (χ1n) is 7.30. The molecular weight excluding hydrogens is 346 g/mol. The SMILES string of the molecule is COc1ccc2cc(CNS(=O)(=O)c3cccc(Cl)c3)ccc2c1. The van der Waals surface area contributed by atoms with Crippen LogP contribution in [0.3, 0.4) is 0 Å². The van der Waals surface area contributed by atoms with E-state index in [1.165, 1.54) is 12.1 Å². The van der Waals surface area contributed by atoms with Crippen LogP contribution in [0.2, 0.25) is 5.02 Å². The van der Waals surface area contributed by atoms with Crippen LogP contribution >= 0.6 is 11.6 Å². The number of methoxy groups -OCH3 is 1. The van der Waals surface area contributed by atoms with Crippen LogP contribution in [0, 0.1) is 0 Å². The molecule has 24 heavy (non-hydrogen) atoms. The van der Waals surface area contributed by atoms with E-state index in [4.69, 9.17) is 16.3 Å². The van der Waals surface area contributed by atoms with Crippen molar-refractivity contribution < 1.29 is 13.2 Å². The molecule has 4 nitrogen and oxygen atoms in total. The maximum Gasteiger partial charge on any atom is 0.240 e. The van der Waals surface area contributed by atoms with Gasteiger partial charge in [-0.25, -0.2) is 13.1 Å². The van der Waals surface area contributed by atoms with Crippen LogP contribution in [0.4, 0.5) is 0 Å². The van der Waals surface area contributed by atoms with Gasteiger partial charge in [-0.1, -0.05) is 35.9 Å². The molecule has 6 heteroatoms. The molecule has 0 spiro atoms. The van der Waals surface area contributed by atoms with Gasteiger partial charge >= 0.3 is 0 Å². The Balaban J connectivity index is 1.80. The lowest BCUT2D eigenvalue weighted by Gasteiger charge is -2.09. The van der Waals surface area contributed by atoms with Gasteiger partial charge < -0.3 is 4.74 Å². The Morgan fingerprint density at radius 1 is 1.00 bits per heavy atom. The first-order chi connectivity index (χ1) is 11.5. The summed E-state index contributed by atoms with van der Waals surface area (Å²) in [6.07, 6.45) is 0. The average molecular weight is 362 g/mol. The average Bonchev–Trinajstić information content (AvgIpc) is 2.59. The Labute approximate surface area is 146 Å². The summed E-state index contributed by atoms with van der Waals surface area (Å²) in [5, 5.41) is 2.45. The highest BCUT2D eigenvalue weighted by Crippen LogP contribution is 2.22. The van der Waals surface area contributed by atoms with Crippen LogP contribution in [-0.2, 0) is 16.6 Å². The van der Waals surface area contributed by atoms with Gasteiger partial charge in [0.15, 0.2) is 0 Å². The molecule has 124 valence electrons. The van der Waals surface area contributed by atoms with Crippen LogP contribution in [0.5, 0.6) is 5.75 Å². The first kappa shape index (κ1) is 16.8. The largest absolute Gasteiger partial charge is 0.497 e. The van der Waals surface area contributed by atoms with E-state index in [9.17, 15) is 8.42 Å². The highest BCUT2D eigenvalue weighted by molar-refractivity contribution is 7.89. The molecule has 0 fully saturated rings. The minimum Gasteiger partial charge on any atom is -0.497 e. The minimum absolute atomic E-state index is 0.153. The summed E-state index contributed by atoms with van der Waals surface area (Å²) in [6, 6.07) is 17.7. The van der Waals surface area contributed by atoms with Gasteiger partial charge in [0.1, 0.15) is 5.75 Å². The summed E-state index contributed by atoms with van der Waals surface area (Å²) in [7, 11) is -1.97. The fraction of sp³-hybridized carbons (Fsp3) is 0.111. The Bertz CT molecular complexity index is 986. The second-order valence-electron chi connectivity index (χ2n) is 5.33. The molecule has 0 bridgehead atoms. The molecule has 0 aliphatic heterocycles. The standard InChI is InChI=1S/C18H16ClNO3S/c1-23-17-8-7-14-9-13(5-6-15(14)10-17)12-20-24(21,22)18-4-2-3-16(19)11-18/h2-11,20H,12H2,1H3. The van der Waals surface area contributed by atoms with Crippen molar-refractivity contribution in [3.05, 3.63) is 71.2 Å². The molecule has 0 heterocycles. The van der Waals surface area contributed by atoms with Gasteiger partial charge in [0, 0.05) is 11.6 Å². The van der Waals surface area contributed by atoms with E-state index in [0.717, 1.165) is 22.1 Å². The zero-order chi connectivity index (χ0) is 17.2. The van der Waals surface area contributed by atoms with Gasteiger partial charge in [-0.05, 0) is 52.7 Å². The molecule has 0 atom stereocenters. The molecule has 1 N–H and O–H groups in total. The van der Waals surface area contributed by atoms with Crippen molar-refractivity contribution >= 4 is 32.4 Å². The number of halogens is 1. The second-order valence-corrected chi connectivity index (χ2v) is 7.53. The molecule has 0 saturated heterocycles. The van der Waals surface area contributed by atoms with E-state index < -0.39 is 10.0 Å². The molecule has 0 aromatic heterocycles. The van der Waals surface area contributed by atoms with E-state index in [0.29, 0.717) is 5.02 Å². The molecule has 0 unspecified atom stereocenters. The third-order valence-corrected chi connectivity index (χ3v) is 5.32. The maximum atomic E-state index is 12.3. The maximum absolute atomic E-state index is 12.3. The summed E-state index contributed by atoms with van der Waals surface area (Å²) in [4.78, 5) is 0.153. The van der Waals surface area contributed by atoms with E-state index in [-0.39, 0.29) is 11.4 Å². The summed E-state index contributed by atoms with van der Waals surface area (Å²) >= 11 is 5.86. The number of fused-ring (bicyclic) bond motifs is 1. The third-order valence-electron chi connectivity index (χ3n) is 3.68. The predicted molar refractivity (Wildman–Crippen MR) is 96.0 cm³/mol. The van der Waals surface area contributed by atoms with Crippen LogP contribution in [0.15, 0.2) is 65.6 Å². The summed E-state index contributed by atoms with van der Waals surface area (Å²) < 4.78 is 32.4. The molecular formula is C18H16ClNO3S. The lowest BCUT2D eigenvalue weighted by molar-refractivity contribution is 0.415. The van der Waals surface area contributed by atoms with Gasteiger partial charge in [-0.2, -0.15) is 0 Å². The Hall–Kier alpha value is -2.08. The number of nitrogens with one attached hydrogen (secondary N) is 1. The number of benzene rings is 3. The van der Waals surface area contributed by atoms with Crippen molar-refractivity contribution in [3.63, 3.8) is 0 Å². The summed E-state index contributed by atoms with van der Waals surface area (Å²) in [6.45, 7) is 0.205. The molecule has 3 rings (SSSR count). The van der Waals surface area contributed by atoms with Crippen LogP contribution in [-0.4, -0.2) is 15.5 Å². The topological polar surface area (TPSA) is 55.4 Å². The molecule has 0 aliphatic carbocycles. The Kier molecular flexibility index (Phi) is 4.76. The third kappa shape index (κ3) is 3.70. The van der Waals surface area contributed by atoms with Gasteiger partial charge in [-0.15, -0.1) is 0 Å². The number of hydrogen-bond acceptors (Lipinski definition) is 3. The van der Waals surface area contributed by atoms with Crippen LogP contribution in [0.25, 0.3) is 10.8 Å². The lowest BCUT2D eigenvalue weighted by Crippen LogP contribution is -2.23. The highest BCUT2D eigenvalue weighted by atomic mass is 35.5. The first-order valence-corrected chi connectivity index (χ1v) is 9.16. The summed E-state index contributed by atoms with van der Waals surface area (Å²) in [5.41, 5.74) is 0.873. The monoisotopic (exact) mass is 361 g/mol. The van der Waals surface area contributed by atoms with Crippen LogP contribution < -0.4 is 9.46 Å². The zero-order valence-electron chi connectivity index (χ0n) is 13.0. The van der Waals surface area contributed by atoms with E-state index >= 15 is 0 Å². The molecule has 0 aliphatic rings. The predicted octanol–water partition coefficient (Wildman–Crippen LogP) is 3.98. The van der Waals surface area contributed by atoms with Crippen molar-refractivity contribution in [2.75, 3.05) is 7.11 Å². The number of hydrogen-bond donors (Lipinski definition) is 1. The van der Waals surface area contributed by atoms with E-state index in [1.807, 2.05) is 36.4 Å². The van der Waals surface area contributed by atoms with Gasteiger partial charge in [0.2, 0.25) is 10.0 Å². The van der Waals surface area contributed by atoms with Crippen molar-refractivity contribution in [2.45, 2.75) is 11.4 Å². The minimum atomic E-state index is -3.60. The molecule has 0 amide bonds. The molecule has 3 aromatic carbocycles. The summed E-state index contributed by atoms with van der Waals surface area (Å²) in [5.74, 6) is 0.789. The van der Waals surface area contributed by atoms with Crippen LogP contribution in [0.1, 0.15) is 5.56 Å². The zero-order valence-corrected chi connectivity index (χ0v) is 14.6. The smallest absolute Gasteiger partial charge is 0.240 e. The fourth-order valence-electron chi connectivity index (χ4n) is 2.41. The second kappa shape index (κ2) is 6.81. The van der Waals surface area contributed by atoms with Crippen molar-refractivity contribution in [2.24, 2.45) is 0 Å². The lowest BCUT2D eigenvalue weighted by atomic mass is 10.1. The molecule has 0 saturated carbocycles. The Morgan fingerprint density at radius 3 is 2.50 bits per heavy atom. The number of rotatable bonds is 5. The molecule has 3 aromatic rings. The fourth-order valence-corrected chi connectivity index (χ4v) is 3.72. The van der Waals surface area contributed by atoms with Crippen molar-refractivity contribution in [1.29, 1.82) is 0 Å². The highest BCUT2D eigenvalue weighted by Gasteiger charge is 2.14. The normalized spacial score (nSPS) is 11.6. The van der Waals surface area contributed by atoms with Gasteiger partial charge in [0.05, 0.1) is 12.0 Å². The number of ether oxygens (including phenoxy) is 1. The van der Waals surface area contributed by atoms with Gasteiger partial charge in [-0.3, -0.25) is 0 Å². The quantitative estimate of drug-likeness (QED) is 0.747. The Morgan fingerprint density at radius 2 is 1.75 bits per heavy atom. The number of sulfonamides is 1. The molecule has 0 radical (unpaired) electrons. The van der Waals surface area contributed by atoms with Crippen molar-refractivity contribution in [1.82, 2.24) is 4.72 Å². The van der Waals surface area contributed by atoms with Gasteiger partial charge in [0.25, 0.3) is 0 Å². The van der Waals surface area contributed by atoms with Crippen molar-refractivity contribution in [3.8, 4) is 5.75 Å².